The van der Waals surface area contributed by atoms with Crippen LogP contribution in [0.3, 0.4) is 0 Å². The molecule has 8 nitrogen and oxygen atoms in total. The van der Waals surface area contributed by atoms with Crippen molar-refractivity contribution in [3.63, 3.8) is 0 Å². The van der Waals surface area contributed by atoms with Crippen LogP contribution in [0.15, 0.2) is 33.5 Å². The predicted molar refractivity (Wildman–Crippen MR) is 84.3 cm³/mol. The number of nitrogens with zero attached hydrogens (tertiary/aromatic N) is 4. The Hall–Kier alpha value is -2.87. The largest absolute Gasteiger partial charge is 0.440 e. The van der Waals surface area contributed by atoms with E-state index in [1.165, 1.54) is 6.39 Å². The average molecular weight is 312 g/mol. The van der Waals surface area contributed by atoms with E-state index in [1.807, 2.05) is 25.1 Å². The number of hydrogen-bond acceptors (Lipinski definition) is 8. The smallest absolute Gasteiger partial charge is 0.258 e. The van der Waals surface area contributed by atoms with E-state index in [4.69, 9.17) is 8.94 Å². The first-order valence-corrected chi connectivity index (χ1v) is 7.33. The minimum atomic E-state index is 0.332. The first kappa shape index (κ1) is 13.8. The third-order valence-electron chi connectivity index (χ3n) is 3.71. The van der Waals surface area contributed by atoms with Gasteiger partial charge < -0.3 is 14.4 Å². The van der Waals surface area contributed by atoms with Crippen LogP contribution in [0.1, 0.15) is 19.5 Å². The summed E-state index contributed by atoms with van der Waals surface area (Å²) in [6.45, 7) is 6.06. The molecule has 8 heteroatoms. The summed E-state index contributed by atoms with van der Waals surface area (Å²) in [7, 11) is 0. The lowest BCUT2D eigenvalue weighted by Gasteiger charge is -2.21. The molecule has 0 spiro atoms. The zero-order valence-corrected chi connectivity index (χ0v) is 13.0. The summed E-state index contributed by atoms with van der Waals surface area (Å²) in [5.41, 5.74) is 9.87. The molecule has 0 saturated heterocycles. The van der Waals surface area contributed by atoms with Gasteiger partial charge in [-0.05, 0) is 39.0 Å². The van der Waals surface area contributed by atoms with Crippen LogP contribution in [0.2, 0.25) is 0 Å². The minimum absolute atomic E-state index is 0.332. The molecular weight excluding hydrogens is 296 g/mol. The molecule has 3 heterocycles. The van der Waals surface area contributed by atoms with Gasteiger partial charge in [0.25, 0.3) is 5.89 Å². The lowest BCUT2D eigenvalue weighted by Crippen LogP contribution is -2.41. The first-order valence-electron chi connectivity index (χ1n) is 7.33. The molecule has 1 aliphatic heterocycles. The molecule has 2 aromatic heterocycles. The monoisotopic (exact) mass is 312 g/mol. The standard InChI is InChI=1S/C15H16N6O2/c1-8(2)21-12-5-4-10(6-11(12)18-20-21)15-17-14(19-23-15)13-9(3)16-7-22-13/h4-8,18,20H,1-3H3. The zero-order valence-electron chi connectivity index (χ0n) is 13.0. The molecule has 0 radical (unpaired) electrons. The highest BCUT2D eigenvalue weighted by molar-refractivity contribution is 5.78. The van der Waals surface area contributed by atoms with Crippen LogP contribution in [0.4, 0.5) is 11.4 Å². The van der Waals surface area contributed by atoms with Crippen molar-refractivity contribution in [3.05, 3.63) is 30.3 Å². The zero-order chi connectivity index (χ0) is 16.0. The second-order valence-corrected chi connectivity index (χ2v) is 5.62. The number of hydrazine groups is 2. The highest BCUT2D eigenvalue weighted by Gasteiger charge is 2.22. The van der Waals surface area contributed by atoms with Gasteiger partial charge in [0, 0.05) is 11.6 Å². The molecule has 0 bridgehead atoms. The minimum Gasteiger partial charge on any atom is -0.440 e. The lowest BCUT2D eigenvalue weighted by molar-refractivity contribution is 0.429. The van der Waals surface area contributed by atoms with Gasteiger partial charge >= 0.3 is 0 Å². The fourth-order valence-electron chi connectivity index (χ4n) is 2.52. The summed E-state index contributed by atoms with van der Waals surface area (Å²) in [4.78, 5) is 8.43. The molecule has 3 aromatic rings. The number of hydrogen-bond donors (Lipinski definition) is 2. The van der Waals surface area contributed by atoms with E-state index >= 15 is 0 Å². The van der Waals surface area contributed by atoms with Crippen LogP contribution < -0.4 is 16.0 Å². The molecule has 0 atom stereocenters. The molecule has 0 fully saturated rings. The molecule has 118 valence electrons. The van der Waals surface area contributed by atoms with Gasteiger partial charge in [0.1, 0.15) is 0 Å². The summed E-state index contributed by atoms with van der Waals surface area (Å²) in [6, 6.07) is 6.27. The van der Waals surface area contributed by atoms with Gasteiger partial charge in [0.15, 0.2) is 12.2 Å². The summed E-state index contributed by atoms with van der Waals surface area (Å²) < 4.78 is 10.6. The van der Waals surface area contributed by atoms with Crippen molar-refractivity contribution < 1.29 is 8.94 Å². The number of anilines is 2. The maximum absolute atomic E-state index is 5.35. The van der Waals surface area contributed by atoms with Crippen molar-refractivity contribution in [2.75, 3.05) is 10.4 Å². The number of rotatable bonds is 3. The second-order valence-electron chi connectivity index (χ2n) is 5.62. The van der Waals surface area contributed by atoms with E-state index in [0.717, 1.165) is 22.6 Å². The van der Waals surface area contributed by atoms with Crippen LogP contribution in [-0.4, -0.2) is 21.2 Å². The van der Waals surface area contributed by atoms with E-state index in [-0.39, 0.29) is 0 Å². The molecule has 0 amide bonds. The van der Waals surface area contributed by atoms with Crippen LogP contribution in [0, 0.1) is 6.92 Å². The van der Waals surface area contributed by atoms with Crippen molar-refractivity contribution >= 4 is 11.4 Å². The van der Waals surface area contributed by atoms with Crippen LogP contribution in [0.5, 0.6) is 0 Å². The fraction of sp³-hybridized carbons (Fsp3) is 0.267. The number of benzene rings is 1. The average Bonchev–Trinajstić information content (AvgIpc) is 3.24. The van der Waals surface area contributed by atoms with Gasteiger partial charge in [-0.3, -0.25) is 5.01 Å². The lowest BCUT2D eigenvalue weighted by atomic mass is 10.1. The second kappa shape index (κ2) is 5.10. The number of aromatic nitrogens is 3. The highest BCUT2D eigenvalue weighted by atomic mass is 16.5. The van der Waals surface area contributed by atoms with Crippen LogP contribution in [-0.2, 0) is 0 Å². The van der Waals surface area contributed by atoms with Gasteiger partial charge in [0.2, 0.25) is 5.82 Å². The van der Waals surface area contributed by atoms with Gasteiger partial charge in [-0.1, -0.05) is 5.16 Å². The number of oxazole rings is 1. The van der Waals surface area contributed by atoms with Gasteiger partial charge in [-0.25, -0.2) is 4.98 Å². The highest BCUT2D eigenvalue weighted by Crippen LogP contribution is 2.34. The van der Waals surface area contributed by atoms with Crippen LogP contribution >= 0.6 is 0 Å². The molecule has 0 unspecified atom stereocenters. The molecule has 2 N–H and O–H groups in total. The van der Waals surface area contributed by atoms with E-state index < -0.39 is 0 Å². The SMILES string of the molecule is Cc1ncoc1-c1noc(-c2ccc3c(c2)NNN3C(C)C)n1. The number of fused-ring (bicyclic) bond motifs is 1. The number of nitrogens with one attached hydrogen (secondary N) is 2. The topological polar surface area (TPSA) is 92.2 Å². The van der Waals surface area contributed by atoms with Crippen molar-refractivity contribution in [1.29, 1.82) is 0 Å². The molecule has 0 aliphatic carbocycles. The summed E-state index contributed by atoms with van der Waals surface area (Å²) in [6.07, 6.45) is 1.37. The maximum Gasteiger partial charge on any atom is 0.258 e. The Morgan fingerprint density at radius 3 is 2.87 bits per heavy atom. The third kappa shape index (κ3) is 2.23. The Morgan fingerprint density at radius 2 is 2.13 bits per heavy atom. The van der Waals surface area contributed by atoms with Gasteiger partial charge in [-0.2, -0.15) is 4.98 Å². The van der Waals surface area contributed by atoms with Gasteiger partial charge in [0.05, 0.1) is 17.1 Å². The Labute approximate surface area is 132 Å². The van der Waals surface area contributed by atoms with E-state index in [1.54, 1.807) is 0 Å². The Kier molecular flexibility index (Phi) is 3.05. The number of aryl methyl sites for hydroxylation is 1. The molecule has 1 aliphatic rings. The fourth-order valence-corrected chi connectivity index (χ4v) is 2.52. The molecule has 4 rings (SSSR count). The van der Waals surface area contributed by atoms with Crippen molar-refractivity contribution in [2.45, 2.75) is 26.8 Å². The van der Waals surface area contributed by atoms with Crippen molar-refractivity contribution in [3.8, 4) is 23.0 Å². The molecule has 1 aromatic carbocycles. The summed E-state index contributed by atoms with van der Waals surface area (Å²) >= 11 is 0. The normalized spacial score (nSPS) is 13.5. The van der Waals surface area contributed by atoms with E-state index in [0.29, 0.717) is 23.5 Å². The summed E-state index contributed by atoms with van der Waals surface area (Å²) in [5, 5.41) is 6.02. The molecule has 23 heavy (non-hydrogen) atoms. The first-order chi connectivity index (χ1) is 11.1. The van der Waals surface area contributed by atoms with Crippen molar-refractivity contribution in [2.24, 2.45) is 0 Å². The summed E-state index contributed by atoms with van der Waals surface area (Å²) in [5.74, 6) is 1.35. The quantitative estimate of drug-likeness (QED) is 0.762. The third-order valence-corrected chi connectivity index (χ3v) is 3.71. The van der Waals surface area contributed by atoms with E-state index in [2.05, 4.69) is 44.9 Å². The van der Waals surface area contributed by atoms with E-state index in [9.17, 15) is 0 Å². The predicted octanol–water partition coefficient (Wildman–Crippen LogP) is 2.76. The molecular formula is C15H16N6O2. The Bertz CT molecular complexity index is 853. The van der Waals surface area contributed by atoms with Crippen molar-refractivity contribution in [1.82, 2.24) is 20.7 Å². The Morgan fingerprint density at radius 1 is 1.26 bits per heavy atom. The molecule has 0 saturated carbocycles. The maximum atomic E-state index is 5.35. The Balaban J connectivity index is 1.68. The van der Waals surface area contributed by atoms with Gasteiger partial charge in [-0.15, -0.1) is 5.53 Å². The van der Waals surface area contributed by atoms with Crippen LogP contribution in [0.25, 0.3) is 23.0 Å².